The molecular weight excluding hydrogens is 265 g/mol. The van der Waals surface area contributed by atoms with Crippen molar-refractivity contribution in [2.45, 2.75) is 19.6 Å². The number of nitrogens with one attached hydrogen (secondary N) is 1. The minimum atomic E-state index is -0.332. The molecule has 0 bridgehead atoms. The van der Waals surface area contributed by atoms with Crippen LogP contribution < -0.4 is 5.32 Å². The number of halogens is 2. The van der Waals surface area contributed by atoms with Crippen LogP contribution in [-0.2, 0) is 6.54 Å². The van der Waals surface area contributed by atoms with Gasteiger partial charge in [0.05, 0.1) is 6.10 Å². The van der Waals surface area contributed by atoms with Crippen LogP contribution >= 0.6 is 27.5 Å². The van der Waals surface area contributed by atoms with E-state index in [1.165, 1.54) is 0 Å². The summed E-state index contributed by atoms with van der Waals surface area (Å²) in [4.78, 5) is 0. The first kappa shape index (κ1) is 12.0. The van der Waals surface area contributed by atoms with E-state index in [4.69, 9.17) is 16.7 Å². The third kappa shape index (κ3) is 3.96. The maximum Gasteiger partial charge on any atom is 0.0636 e. The molecule has 1 rings (SSSR count). The van der Waals surface area contributed by atoms with Crippen LogP contribution in [0.15, 0.2) is 22.7 Å². The van der Waals surface area contributed by atoms with Crippen molar-refractivity contribution in [2.75, 3.05) is 6.54 Å². The molecule has 1 aromatic carbocycles. The molecule has 0 saturated carbocycles. The van der Waals surface area contributed by atoms with E-state index in [0.717, 1.165) is 15.1 Å². The Kier molecular flexibility index (Phi) is 4.89. The molecule has 0 amide bonds. The van der Waals surface area contributed by atoms with Gasteiger partial charge in [-0.1, -0.05) is 27.5 Å². The maximum atomic E-state index is 9.05. The first-order valence-electron chi connectivity index (χ1n) is 4.42. The predicted octanol–water partition coefficient (Wildman–Crippen LogP) is 2.57. The highest BCUT2D eigenvalue weighted by Crippen LogP contribution is 2.20. The Bertz CT molecular complexity index is 304. The first-order valence-corrected chi connectivity index (χ1v) is 5.59. The zero-order chi connectivity index (χ0) is 10.6. The molecule has 4 heteroatoms. The highest BCUT2D eigenvalue weighted by Gasteiger charge is 2.01. The molecule has 0 aliphatic rings. The fraction of sp³-hybridized carbons (Fsp3) is 0.400. The van der Waals surface area contributed by atoms with Crippen molar-refractivity contribution in [3.05, 3.63) is 33.3 Å². The largest absolute Gasteiger partial charge is 0.392 e. The summed E-state index contributed by atoms with van der Waals surface area (Å²) in [6.07, 6.45) is -0.332. The second-order valence-corrected chi connectivity index (χ2v) is 4.54. The molecule has 2 nitrogen and oxygen atoms in total. The Hall–Kier alpha value is -0.0900. The molecular formula is C10H13BrClNO. The van der Waals surface area contributed by atoms with E-state index in [1.54, 1.807) is 6.92 Å². The lowest BCUT2D eigenvalue weighted by atomic mass is 10.2. The molecule has 0 saturated heterocycles. The summed E-state index contributed by atoms with van der Waals surface area (Å²) in [7, 11) is 0. The quantitative estimate of drug-likeness (QED) is 0.887. The van der Waals surface area contributed by atoms with Crippen molar-refractivity contribution in [3.8, 4) is 0 Å². The van der Waals surface area contributed by atoms with Crippen LogP contribution in [0.1, 0.15) is 12.5 Å². The minimum Gasteiger partial charge on any atom is -0.392 e. The van der Waals surface area contributed by atoms with E-state index in [-0.39, 0.29) is 6.10 Å². The van der Waals surface area contributed by atoms with Crippen molar-refractivity contribution >= 4 is 27.5 Å². The van der Waals surface area contributed by atoms with Gasteiger partial charge in [0.25, 0.3) is 0 Å². The highest BCUT2D eigenvalue weighted by atomic mass is 79.9. The Morgan fingerprint density at radius 1 is 1.57 bits per heavy atom. The van der Waals surface area contributed by atoms with Crippen LogP contribution in [0.25, 0.3) is 0 Å². The topological polar surface area (TPSA) is 32.3 Å². The lowest BCUT2D eigenvalue weighted by Gasteiger charge is -2.08. The molecule has 0 aliphatic carbocycles. The minimum absolute atomic E-state index is 0.332. The summed E-state index contributed by atoms with van der Waals surface area (Å²) >= 11 is 9.37. The second kappa shape index (κ2) is 5.71. The van der Waals surface area contributed by atoms with Crippen molar-refractivity contribution < 1.29 is 5.11 Å². The van der Waals surface area contributed by atoms with Gasteiger partial charge in [0.1, 0.15) is 0 Å². The second-order valence-electron chi connectivity index (χ2n) is 3.22. The van der Waals surface area contributed by atoms with Crippen LogP contribution in [0.2, 0.25) is 5.02 Å². The van der Waals surface area contributed by atoms with E-state index in [2.05, 4.69) is 21.2 Å². The van der Waals surface area contributed by atoms with Crippen molar-refractivity contribution in [2.24, 2.45) is 0 Å². The number of rotatable bonds is 4. The Morgan fingerprint density at radius 3 is 2.93 bits per heavy atom. The normalized spacial score (nSPS) is 12.9. The average Bonchev–Trinajstić information content (AvgIpc) is 2.10. The maximum absolute atomic E-state index is 9.05. The lowest BCUT2D eigenvalue weighted by molar-refractivity contribution is 0.191. The van der Waals surface area contributed by atoms with Crippen LogP contribution in [0, 0.1) is 0 Å². The highest BCUT2D eigenvalue weighted by molar-refractivity contribution is 9.10. The molecule has 0 aliphatic heterocycles. The summed E-state index contributed by atoms with van der Waals surface area (Å²) in [6, 6.07) is 5.73. The molecule has 2 N–H and O–H groups in total. The van der Waals surface area contributed by atoms with E-state index in [9.17, 15) is 0 Å². The molecule has 0 fully saturated rings. The third-order valence-electron chi connectivity index (χ3n) is 1.76. The van der Waals surface area contributed by atoms with Gasteiger partial charge in [0, 0.05) is 22.6 Å². The van der Waals surface area contributed by atoms with Crippen molar-refractivity contribution in [1.82, 2.24) is 5.32 Å². The lowest BCUT2D eigenvalue weighted by Crippen LogP contribution is -2.23. The predicted molar refractivity (Wildman–Crippen MR) is 62.5 cm³/mol. The van der Waals surface area contributed by atoms with Crippen LogP contribution in [0.4, 0.5) is 0 Å². The molecule has 0 unspecified atom stereocenters. The number of aliphatic hydroxyl groups is 1. The molecule has 78 valence electrons. The molecule has 0 radical (unpaired) electrons. The number of benzene rings is 1. The average molecular weight is 279 g/mol. The van der Waals surface area contributed by atoms with Gasteiger partial charge in [-0.15, -0.1) is 0 Å². The molecule has 14 heavy (non-hydrogen) atoms. The zero-order valence-electron chi connectivity index (χ0n) is 7.93. The summed E-state index contributed by atoms with van der Waals surface area (Å²) in [5.74, 6) is 0. The first-order chi connectivity index (χ1) is 6.59. The third-order valence-corrected chi connectivity index (χ3v) is 2.62. The summed E-state index contributed by atoms with van der Waals surface area (Å²) < 4.78 is 1.01. The summed E-state index contributed by atoms with van der Waals surface area (Å²) in [5.41, 5.74) is 1.03. The van der Waals surface area contributed by atoms with E-state index in [0.29, 0.717) is 13.1 Å². The van der Waals surface area contributed by atoms with Crippen molar-refractivity contribution in [3.63, 3.8) is 0 Å². The molecule has 0 spiro atoms. The zero-order valence-corrected chi connectivity index (χ0v) is 10.3. The number of aliphatic hydroxyl groups excluding tert-OH is 1. The standard InChI is InChI=1S/C10H13BrClNO/c1-7(14)5-13-6-8-4-9(11)2-3-10(8)12/h2-4,7,13-14H,5-6H2,1H3/t7-/m1/s1. The van der Waals surface area contributed by atoms with Gasteiger partial charge in [-0.3, -0.25) is 0 Å². The monoisotopic (exact) mass is 277 g/mol. The Labute approximate surface area is 97.4 Å². The molecule has 1 atom stereocenters. The summed E-state index contributed by atoms with van der Waals surface area (Å²) in [5, 5.41) is 12.9. The smallest absolute Gasteiger partial charge is 0.0636 e. The van der Waals surface area contributed by atoms with Gasteiger partial charge in [-0.25, -0.2) is 0 Å². The van der Waals surface area contributed by atoms with E-state index < -0.39 is 0 Å². The SMILES string of the molecule is C[C@@H](O)CNCc1cc(Br)ccc1Cl. The van der Waals surface area contributed by atoms with Crippen molar-refractivity contribution in [1.29, 1.82) is 0 Å². The Balaban J connectivity index is 2.53. The molecule has 0 aromatic heterocycles. The van der Waals surface area contributed by atoms with Gasteiger partial charge in [0.2, 0.25) is 0 Å². The summed E-state index contributed by atoms with van der Waals surface area (Å²) in [6.45, 7) is 2.99. The number of hydrogen-bond donors (Lipinski definition) is 2. The van der Waals surface area contributed by atoms with Gasteiger partial charge in [-0.2, -0.15) is 0 Å². The van der Waals surface area contributed by atoms with Gasteiger partial charge in [-0.05, 0) is 30.7 Å². The van der Waals surface area contributed by atoms with Gasteiger partial charge in [0.15, 0.2) is 0 Å². The van der Waals surface area contributed by atoms with Crippen LogP contribution in [0.5, 0.6) is 0 Å². The van der Waals surface area contributed by atoms with Crippen LogP contribution in [0.3, 0.4) is 0 Å². The number of hydrogen-bond acceptors (Lipinski definition) is 2. The van der Waals surface area contributed by atoms with E-state index in [1.807, 2.05) is 18.2 Å². The molecule has 1 aromatic rings. The Morgan fingerprint density at radius 2 is 2.29 bits per heavy atom. The fourth-order valence-electron chi connectivity index (χ4n) is 1.09. The van der Waals surface area contributed by atoms with Gasteiger partial charge >= 0.3 is 0 Å². The fourth-order valence-corrected chi connectivity index (χ4v) is 1.69. The van der Waals surface area contributed by atoms with Gasteiger partial charge < -0.3 is 10.4 Å². The van der Waals surface area contributed by atoms with E-state index >= 15 is 0 Å². The molecule has 0 heterocycles. The van der Waals surface area contributed by atoms with Crippen LogP contribution in [-0.4, -0.2) is 17.8 Å².